The van der Waals surface area contributed by atoms with Gasteiger partial charge in [0.15, 0.2) is 0 Å². The molecule has 0 saturated carbocycles. The number of nitrogens with one attached hydrogen (secondary N) is 2. The number of β-amino-alcohol motifs (C(OH)–C–C–N with tert-alkyl or cyclic N) is 1. The van der Waals surface area contributed by atoms with Crippen LogP contribution in [-0.2, 0) is 4.79 Å². The first kappa shape index (κ1) is 19.8. The van der Waals surface area contributed by atoms with E-state index in [1.165, 1.54) is 4.90 Å². The third kappa shape index (κ3) is 6.08. The lowest BCUT2D eigenvalue weighted by atomic mass is 10.1. The molecule has 0 aromatic heterocycles. The first-order valence-electron chi connectivity index (χ1n) is 6.99. The Morgan fingerprint density at radius 2 is 2.09 bits per heavy atom. The highest BCUT2D eigenvalue weighted by Gasteiger charge is 2.29. The number of benzene rings is 1. The summed E-state index contributed by atoms with van der Waals surface area (Å²) in [5.74, 6) is -0.0315. The number of amides is 1. The van der Waals surface area contributed by atoms with Crippen molar-refractivity contribution in [2.75, 3.05) is 13.1 Å². The zero-order valence-corrected chi connectivity index (χ0v) is 15.9. The Bertz CT molecular complexity index is 499. The molecule has 1 heterocycles. The van der Waals surface area contributed by atoms with Crippen LogP contribution in [0.2, 0.25) is 0 Å². The second kappa shape index (κ2) is 8.55. The van der Waals surface area contributed by atoms with Gasteiger partial charge in [0.1, 0.15) is 0 Å². The van der Waals surface area contributed by atoms with Gasteiger partial charge in [-0.15, -0.1) is 24.2 Å². The van der Waals surface area contributed by atoms with Gasteiger partial charge in [-0.25, -0.2) is 0 Å². The summed E-state index contributed by atoms with van der Waals surface area (Å²) in [7, 11) is 0. The Balaban J connectivity index is 0.00000242. The quantitative estimate of drug-likeness (QED) is 0.654. The molecule has 2 atom stereocenters. The molecule has 1 aromatic carbocycles. The Labute approximate surface area is 150 Å². The highest BCUT2D eigenvalue weighted by molar-refractivity contribution is 9.10. The summed E-state index contributed by atoms with van der Waals surface area (Å²) in [4.78, 5) is 13.2. The monoisotopic (exact) mass is 408 g/mol. The van der Waals surface area contributed by atoms with Crippen molar-refractivity contribution in [1.29, 1.82) is 0 Å². The van der Waals surface area contributed by atoms with Crippen LogP contribution < -0.4 is 10.6 Å². The van der Waals surface area contributed by atoms with Gasteiger partial charge in [-0.05, 0) is 44.5 Å². The maximum Gasteiger partial charge on any atom is 0.237 e. The summed E-state index contributed by atoms with van der Waals surface area (Å²) < 4.78 is 0.963. The molecule has 7 heteroatoms. The van der Waals surface area contributed by atoms with Gasteiger partial charge in [0.2, 0.25) is 5.91 Å². The SMILES string of the molecule is CC(C)(CNC(=O)C1CC(O)CN1)Sc1ccc(Br)cc1.Cl. The van der Waals surface area contributed by atoms with Gasteiger partial charge in [-0.2, -0.15) is 0 Å². The highest BCUT2D eigenvalue weighted by Crippen LogP contribution is 2.32. The maximum absolute atomic E-state index is 12.0. The van der Waals surface area contributed by atoms with Crippen LogP contribution in [0.3, 0.4) is 0 Å². The number of hydrogen-bond acceptors (Lipinski definition) is 4. The third-order valence-electron chi connectivity index (χ3n) is 3.32. The second-order valence-electron chi connectivity index (χ2n) is 5.88. The van der Waals surface area contributed by atoms with E-state index >= 15 is 0 Å². The summed E-state index contributed by atoms with van der Waals surface area (Å²) in [5.41, 5.74) is 0. The zero-order valence-electron chi connectivity index (χ0n) is 12.6. The van der Waals surface area contributed by atoms with E-state index in [4.69, 9.17) is 0 Å². The van der Waals surface area contributed by atoms with Gasteiger partial charge in [-0.3, -0.25) is 4.79 Å². The van der Waals surface area contributed by atoms with E-state index in [1.54, 1.807) is 11.8 Å². The van der Waals surface area contributed by atoms with Crippen LogP contribution in [0.5, 0.6) is 0 Å². The van der Waals surface area contributed by atoms with Crippen LogP contribution in [0.1, 0.15) is 20.3 Å². The first-order chi connectivity index (χ1) is 9.85. The number of aliphatic hydroxyl groups is 1. The highest BCUT2D eigenvalue weighted by atomic mass is 79.9. The topological polar surface area (TPSA) is 61.4 Å². The summed E-state index contributed by atoms with van der Waals surface area (Å²) in [6.45, 7) is 5.30. The van der Waals surface area contributed by atoms with E-state index in [0.717, 1.165) is 4.47 Å². The molecule has 4 nitrogen and oxygen atoms in total. The lowest BCUT2D eigenvalue weighted by Crippen LogP contribution is -2.44. The van der Waals surface area contributed by atoms with E-state index in [-0.39, 0.29) is 29.1 Å². The maximum atomic E-state index is 12.0. The predicted octanol–water partition coefficient (Wildman–Crippen LogP) is 2.58. The largest absolute Gasteiger partial charge is 0.392 e. The van der Waals surface area contributed by atoms with Crippen LogP contribution in [0, 0.1) is 0 Å². The first-order valence-corrected chi connectivity index (χ1v) is 8.60. The van der Waals surface area contributed by atoms with Crippen molar-refractivity contribution >= 4 is 46.0 Å². The predicted molar refractivity (Wildman–Crippen MR) is 96.8 cm³/mol. The van der Waals surface area contributed by atoms with E-state index in [9.17, 15) is 9.90 Å². The van der Waals surface area contributed by atoms with E-state index < -0.39 is 6.10 Å². The van der Waals surface area contributed by atoms with Gasteiger partial charge in [0.25, 0.3) is 0 Å². The number of halogens is 2. The van der Waals surface area contributed by atoms with Crippen LogP contribution >= 0.6 is 40.1 Å². The van der Waals surface area contributed by atoms with Crippen molar-refractivity contribution in [3.63, 3.8) is 0 Å². The van der Waals surface area contributed by atoms with Gasteiger partial charge in [-0.1, -0.05) is 15.9 Å². The zero-order chi connectivity index (χ0) is 15.5. The molecule has 0 bridgehead atoms. The average Bonchev–Trinajstić information content (AvgIpc) is 2.85. The summed E-state index contributed by atoms with van der Waals surface area (Å²) in [6.07, 6.45) is 0.0810. The number of aliphatic hydroxyl groups excluding tert-OH is 1. The van der Waals surface area contributed by atoms with Gasteiger partial charge in [0, 0.05) is 27.2 Å². The molecular formula is C15H22BrClN2O2S. The molecule has 1 fully saturated rings. The fourth-order valence-electron chi connectivity index (χ4n) is 2.20. The number of hydrogen-bond donors (Lipinski definition) is 3. The lowest BCUT2D eigenvalue weighted by Gasteiger charge is -2.25. The lowest BCUT2D eigenvalue weighted by molar-refractivity contribution is -0.123. The van der Waals surface area contributed by atoms with Crippen LogP contribution in [0.4, 0.5) is 0 Å². The molecule has 124 valence electrons. The van der Waals surface area contributed by atoms with Crippen LogP contribution in [0.15, 0.2) is 33.6 Å². The molecule has 3 N–H and O–H groups in total. The molecule has 1 aromatic rings. The molecular weight excluding hydrogens is 388 g/mol. The fraction of sp³-hybridized carbons (Fsp3) is 0.533. The molecule has 2 unspecified atom stereocenters. The van der Waals surface area contributed by atoms with Gasteiger partial charge in [0.05, 0.1) is 12.1 Å². The Kier molecular flexibility index (Phi) is 7.68. The van der Waals surface area contributed by atoms with Crippen molar-refractivity contribution in [3.05, 3.63) is 28.7 Å². The number of thioether (sulfide) groups is 1. The van der Waals surface area contributed by atoms with Crippen molar-refractivity contribution in [2.24, 2.45) is 0 Å². The van der Waals surface area contributed by atoms with E-state index in [1.807, 2.05) is 12.1 Å². The van der Waals surface area contributed by atoms with Gasteiger partial charge < -0.3 is 15.7 Å². The number of rotatable bonds is 5. The standard InChI is InChI=1S/C15H21BrN2O2S.ClH/c1-15(2,21-12-5-3-10(16)4-6-12)9-18-14(20)13-7-11(19)8-17-13;/h3-6,11,13,17,19H,7-9H2,1-2H3,(H,18,20);1H. The molecule has 0 spiro atoms. The summed E-state index contributed by atoms with van der Waals surface area (Å²) in [6, 6.07) is 7.88. The fourth-order valence-corrected chi connectivity index (χ4v) is 3.52. The molecule has 1 saturated heterocycles. The molecule has 0 radical (unpaired) electrons. The minimum Gasteiger partial charge on any atom is -0.392 e. The molecule has 1 aliphatic heterocycles. The molecule has 2 rings (SSSR count). The van der Waals surface area contributed by atoms with Gasteiger partial charge >= 0.3 is 0 Å². The third-order valence-corrected chi connectivity index (χ3v) is 5.05. The van der Waals surface area contributed by atoms with E-state index in [2.05, 4.69) is 52.5 Å². The van der Waals surface area contributed by atoms with Crippen molar-refractivity contribution in [1.82, 2.24) is 10.6 Å². The van der Waals surface area contributed by atoms with Crippen molar-refractivity contribution in [2.45, 2.75) is 42.1 Å². The summed E-state index contributed by atoms with van der Waals surface area (Å²) in [5, 5.41) is 15.4. The molecule has 1 aliphatic rings. The smallest absolute Gasteiger partial charge is 0.237 e. The second-order valence-corrected chi connectivity index (χ2v) is 8.58. The Morgan fingerprint density at radius 1 is 1.45 bits per heavy atom. The van der Waals surface area contributed by atoms with Crippen LogP contribution in [0.25, 0.3) is 0 Å². The normalized spacial score (nSPS) is 21.3. The Hall–Kier alpha value is -0.270. The van der Waals surface area contributed by atoms with E-state index in [0.29, 0.717) is 19.5 Å². The Morgan fingerprint density at radius 3 is 2.64 bits per heavy atom. The van der Waals surface area contributed by atoms with Crippen LogP contribution in [-0.4, -0.2) is 41.0 Å². The number of carbonyl (C=O) groups excluding carboxylic acids is 1. The average molecular weight is 410 g/mol. The molecule has 22 heavy (non-hydrogen) atoms. The molecule has 0 aliphatic carbocycles. The minimum absolute atomic E-state index is 0. The van der Waals surface area contributed by atoms with Crippen molar-refractivity contribution in [3.8, 4) is 0 Å². The minimum atomic E-state index is -0.411. The van der Waals surface area contributed by atoms with Crippen molar-refractivity contribution < 1.29 is 9.90 Å². The molecule has 1 amide bonds. The summed E-state index contributed by atoms with van der Waals surface area (Å²) >= 11 is 5.16. The number of carbonyl (C=O) groups is 1.